The summed E-state index contributed by atoms with van der Waals surface area (Å²) in [6.07, 6.45) is -0.397. The Bertz CT molecular complexity index is 780. The van der Waals surface area contributed by atoms with Crippen LogP contribution in [0.15, 0.2) is 54.2 Å². The maximum Gasteiger partial charge on any atom is 0.431 e. The fourth-order valence-corrected chi connectivity index (χ4v) is 2.37. The Balaban J connectivity index is 2.07. The number of aliphatic hydroxyl groups is 1. The third-order valence-corrected chi connectivity index (χ3v) is 3.56. The average Bonchev–Trinajstić information content (AvgIpc) is 2.95. The summed E-state index contributed by atoms with van der Waals surface area (Å²) < 4.78 is 39.2. The van der Waals surface area contributed by atoms with Crippen LogP contribution in [0.5, 0.6) is 0 Å². The maximum atomic E-state index is 13.1. The number of amides is 1. The highest BCUT2D eigenvalue weighted by Crippen LogP contribution is 2.40. The summed E-state index contributed by atoms with van der Waals surface area (Å²) >= 11 is 0. The lowest BCUT2D eigenvalue weighted by molar-refractivity contribution is -0.0816. The number of hydrogen-bond acceptors (Lipinski definition) is 5. The van der Waals surface area contributed by atoms with Gasteiger partial charge in [0.15, 0.2) is 5.72 Å². The fourth-order valence-electron chi connectivity index (χ4n) is 2.37. The number of halogens is 3. The van der Waals surface area contributed by atoms with Crippen molar-refractivity contribution in [3.05, 3.63) is 60.2 Å². The van der Waals surface area contributed by atoms with Gasteiger partial charge in [-0.25, -0.2) is 0 Å². The third kappa shape index (κ3) is 2.73. The minimum absolute atomic E-state index is 0.0113. The first-order valence-corrected chi connectivity index (χ1v) is 6.84. The molecule has 1 unspecified atom stereocenters. The highest BCUT2D eigenvalue weighted by atomic mass is 19.4. The third-order valence-electron chi connectivity index (χ3n) is 3.56. The second-order valence-corrected chi connectivity index (χ2v) is 5.13. The van der Waals surface area contributed by atoms with Crippen LogP contribution in [0, 0.1) is 0 Å². The molecule has 24 heavy (non-hydrogen) atoms. The smallest absolute Gasteiger partial charge is 0.365 e. The van der Waals surface area contributed by atoms with Crippen LogP contribution in [0.2, 0.25) is 0 Å². The first kappa shape index (κ1) is 16.1. The van der Waals surface area contributed by atoms with E-state index in [1.54, 1.807) is 0 Å². The Hall–Kier alpha value is -2.81. The molecule has 9 heteroatoms. The molecule has 0 aliphatic carbocycles. The largest absolute Gasteiger partial charge is 0.431 e. The lowest BCUT2D eigenvalue weighted by Gasteiger charge is -2.31. The van der Waals surface area contributed by atoms with Crippen LogP contribution in [0.3, 0.4) is 0 Å². The number of alkyl halides is 3. The highest BCUT2D eigenvalue weighted by molar-refractivity contribution is 5.99. The standard InChI is InChI=1S/C15H11F3N4O2/c16-15(17,18)12-8-14(24,11-3-6-19-7-4-11)22(21-12)13(23)10-2-1-5-20-9-10/h1-7,9,24H,8H2. The van der Waals surface area contributed by atoms with Crippen LogP contribution in [0.4, 0.5) is 13.2 Å². The first-order chi connectivity index (χ1) is 11.3. The highest BCUT2D eigenvalue weighted by Gasteiger charge is 2.53. The van der Waals surface area contributed by atoms with Crippen molar-refractivity contribution in [1.82, 2.24) is 15.0 Å². The predicted octanol–water partition coefficient (Wildman–Crippen LogP) is 2.09. The van der Waals surface area contributed by atoms with E-state index < -0.39 is 29.9 Å². The van der Waals surface area contributed by atoms with Gasteiger partial charge in [0.05, 0.1) is 12.0 Å². The van der Waals surface area contributed by atoms with Crippen molar-refractivity contribution in [2.45, 2.75) is 18.3 Å². The fraction of sp³-hybridized carbons (Fsp3) is 0.200. The van der Waals surface area contributed by atoms with Crippen molar-refractivity contribution in [3.8, 4) is 0 Å². The molecular weight excluding hydrogens is 325 g/mol. The maximum absolute atomic E-state index is 13.1. The molecule has 0 saturated heterocycles. The zero-order valence-electron chi connectivity index (χ0n) is 12.1. The SMILES string of the molecule is O=C(c1cccnc1)N1N=C(C(F)(F)F)CC1(O)c1ccncc1. The molecule has 0 aromatic carbocycles. The Morgan fingerprint density at radius 1 is 1.17 bits per heavy atom. The number of aromatic nitrogens is 2. The van der Waals surface area contributed by atoms with Crippen molar-refractivity contribution in [2.24, 2.45) is 5.10 Å². The monoisotopic (exact) mass is 336 g/mol. The van der Waals surface area contributed by atoms with E-state index in [1.807, 2.05) is 0 Å². The van der Waals surface area contributed by atoms with Gasteiger partial charge in [0, 0.05) is 30.4 Å². The van der Waals surface area contributed by atoms with Crippen LogP contribution < -0.4 is 0 Å². The van der Waals surface area contributed by atoms with E-state index >= 15 is 0 Å². The van der Waals surface area contributed by atoms with E-state index in [1.165, 1.54) is 49.1 Å². The summed E-state index contributed by atoms with van der Waals surface area (Å²) in [7, 11) is 0. The summed E-state index contributed by atoms with van der Waals surface area (Å²) in [5, 5.41) is 14.6. The minimum atomic E-state index is -4.76. The molecule has 1 amide bonds. The summed E-state index contributed by atoms with van der Waals surface area (Å²) in [5.74, 6) is -0.887. The van der Waals surface area contributed by atoms with Crippen molar-refractivity contribution < 1.29 is 23.1 Å². The predicted molar refractivity (Wildman–Crippen MR) is 76.6 cm³/mol. The Labute approximate surface area is 134 Å². The molecule has 1 atom stereocenters. The number of carbonyl (C=O) groups excluding carboxylic acids is 1. The quantitative estimate of drug-likeness (QED) is 0.911. The Morgan fingerprint density at radius 3 is 2.46 bits per heavy atom. The van der Waals surface area contributed by atoms with Gasteiger partial charge in [-0.05, 0) is 24.3 Å². The van der Waals surface area contributed by atoms with Crippen molar-refractivity contribution >= 4 is 11.6 Å². The molecule has 1 aliphatic rings. The molecule has 6 nitrogen and oxygen atoms in total. The molecule has 0 bridgehead atoms. The summed E-state index contributed by atoms with van der Waals surface area (Å²) in [4.78, 5) is 20.1. The van der Waals surface area contributed by atoms with Crippen LogP contribution in [0.1, 0.15) is 22.3 Å². The molecule has 0 fully saturated rings. The van der Waals surface area contributed by atoms with Crippen LogP contribution in [-0.2, 0) is 5.72 Å². The van der Waals surface area contributed by atoms with Crippen molar-refractivity contribution in [3.63, 3.8) is 0 Å². The van der Waals surface area contributed by atoms with E-state index in [0.29, 0.717) is 5.01 Å². The molecule has 0 spiro atoms. The molecule has 2 aromatic rings. The number of pyridine rings is 2. The van der Waals surface area contributed by atoms with Crippen molar-refractivity contribution in [1.29, 1.82) is 0 Å². The van der Waals surface area contributed by atoms with Gasteiger partial charge in [-0.3, -0.25) is 14.8 Å². The first-order valence-electron chi connectivity index (χ1n) is 6.84. The van der Waals surface area contributed by atoms with Crippen LogP contribution >= 0.6 is 0 Å². The summed E-state index contributed by atoms with van der Waals surface area (Å²) in [6, 6.07) is 5.50. The molecule has 3 rings (SSSR count). The van der Waals surface area contributed by atoms with E-state index in [4.69, 9.17) is 0 Å². The summed E-state index contributed by atoms with van der Waals surface area (Å²) in [5.41, 5.74) is -3.39. The Morgan fingerprint density at radius 2 is 1.88 bits per heavy atom. The van der Waals surface area contributed by atoms with Gasteiger partial charge in [-0.15, -0.1) is 0 Å². The van der Waals surface area contributed by atoms with Gasteiger partial charge in [0.1, 0.15) is 5.71 Å². The number of hydrazone groups is 1. The van der Waals surface area contributed by atoms with E-state index in [-0.39, 0.29) is 11.1 Å². The van der Waals surface area contributed by atoms with Gasteiger partial charge in [-0.1, -0.05) is 0 Å². The van der Waals surface area contributed by atoms with E-state index in [9.17, 15) is 23.1 Å². The van der Waals surface area contributed by atoms with Gasteiger partial charge in [-0.2, -0.15) is 23.3 Å². The molecule has 3 heterocycles. The Kier molecular flexibility index (Phi) is 3.80. The van der Waals surface area contributed by atoms with Crippen LogP contribution in [-0.4, -0.2) is 37.9 Å². The normalized spacial score (nSPS) is 20.8. The van der Waals surface area contributed by atoms with E-state index in [2.05, 4.69) is 15.1 Å². The van der Waals surface area contributed by atoms with Crippen molar-refractivity contribution in [2.75, 3.05) is 0 Å². The second-order valence-electron chi connectivity index (χ2n) is 5.13. The number of hydrogen-bond donors (Lipinski definition) is 1. The zero-order chi connectivity index (χ0) is 17.4. The molecule has 2 aromatic heterocycles. The molecule has 0 saturated carbocycles. The molecule has 124 valence electrons. The molecule has 0 radical (unpaired) electrons. The zero-order valence-corrected chi connectivity index (χ0v) is 12.1. The topological polar surface area (TPSA) is 78.7 Å². The van der Waals surface area contributed by atoms with Gasteiger partial charge < -0.3 is 5.11 Å². The number of rotatable bonds is 2. The van der Waals surface area contributed by atoms with Crippen LogP contribution in [0.25, 0.3) is 0 Å². The molecule has 1 N–H and O–H groups in total. The lowest BCUT2D eigenvalue weighted by Crippen LogP contribution is -2.43. The average molecular weight is 336 g/mol. The van der Waals surface area contributed by atoms with Gasteiger partial charge in [0.25, 0.3) is 5.91 Å². The lowest BCUT2D eigenvalue weighted by atomic mass is 9.97. The summed E-state index contributed by atoms with van der Waals surface area (Å²) in [6.45, 7) is 0. The molecule has 1 aliphatic heterocycles. The molecular formula is C15H11F3N4O2. The van der Waals surface area contributed by atoms with E-state index in [0.717, 1.165) is 0 Å². The second kappa shape index (κ2) is 5.68. The number of nitrogens with zero attached hydrogens (tertiary/aromatic N) is 4. The van der Waals surface area contributed by atoms with Gasteiger partial charge >= 0.3 is 6.18 Å². The number of carbonyl (C=O) groups is 1. The van der Waals surface area contributed by atoms with Gasteiger partial charge in [0.2, 0.25) is 0 Å². The minimum Gasteiger partial charge on any atom is -0.365 e.